The van der Waals surface area contributed by atoms with Crippen LogP contribution in [0.1, 0.15) is 26.3 Å². The van der Waals surface area contributed by atoms with Gasteiger partial charge >= 0.3 is 0 Å². The number of amides is 2. The van der Waals surface area contributed by atoms with E-state index in [1.165, 1.54) is 6.26 Å². The molecule has 0 atom stereocenters. The van der Waals surface area contributed by atoms with Gasteiger partial charge in [-0.1, -0.05) is 35.5 Å². The molecule has 0 unspecified atom stereocenters. The maximum Gasteiger partial charge on any atom is 0.245 e. The van der Waals surface area contributed by atoms with E-state index in [2.05, 4.69) is 15.0 Å². The minimum absolute atomic E-state index is 0.0397. The van der Waals surface area contributed by atoms with Crippen molar-refractivity contribution >= 4 is 17.6 Å². The standard InChI is InChI=1S/C17H21N3O3/c1-17(2,3)20(12-15(21)18-14-9-10-23-19-14)16(22)11-13-7-5-4-6-8-13/h4-10H,11-12H2,1-3H3,(H,18,19,21). The quantitative estimate of drug-likeness (QED) is 0.919. The van der Waals surface area contributed by atoms with Crippen LogP contribution in [-0.2, 0) is 16.0 Å². The van der Waals surface area contributed by atoms with Gasteiger partial charge < -0.3 is 14.7 Å². The molecule has 0 spiro atoms. The van der Waals surface area contributed by atoms with Gasteiger partial charge in [-0.25, -0.2) is 0 Å². The first-order chi connectivity index (χ1) is 10.9. The lowest BCUT2D eigenvalue weighted by Gasteiger charge is -2.35. The molecule has 1 heterocycles. The number of nitrogens with one attached hydrogen (secondary N) is 1. The fourth-order valence-corrected chi connectivity index (χ4v) is 2.17. The molecule has 6 heteroatoms. The van der Waals surface area contributed by atoms with Gasteiger partial charge in [-0.05, 0) is 26.3 Å². The number of anilines is 1. The highest BCUT2D eigenvalue weighted by atomic mass is 16.5. The van der Waals surface area contributed by atoms with Crippen LogP contribution in [-0.4, -0.2) is 34.0 Å². The van der Waals surface area contributed by atoms with E-state index in [0.717, 1.165) is 5.56 Å². The van der Waals surface area contributed by atoms with Crippen LogP contribution in [0.3, 0.4) is 0 Å². The normalized spacial score (nSPS) is 11.1. The molecule has 1 N–H and O–H groups in total. The molecular formula is C17H21N3O3. The van der Waals surface area contributed by atoms with E-state index in [4.69, 9.17) is 0 Å². The van der Waals surface area contributed by atoms with Gasteiger partial charge in [-0.3, -0.25) is 9.59 Å². The number of hydrogen-bond donors (Lipinski definition) is 1. The summed E-state index contributed by atoms with van der Waals surface area (Å²) in [4.78, 5) is 26.3. The van der Waals surface area contributed by atoms with Crippen molar-refractivity contribution in [2.75, 3.05) is 11.9 Å². The Labute approximate surface area is 135 Å². The summed E-state index contributed by atoms with van der Waals surface area (Å²) in [7, 11) is 0. The smallest absolute Gasteiger partial charge is 0.245 e. The Morgan fingerprint density at radius 1 is 1.17 bits per heavy atom. The van der Waals surface area contributed by atoms with Gasteiger partial charge in [-0.2, -0.15) is 0 Å². The summed E-state index contributed by atoms with van der Waals surface area (Å²) < 4.78 is 4.67. The fourth-order valence-electron chi connectivity index (χ4n) is 2.17. The van der Waals surface area contributed by atoms with Crippen LogP contribution in [0.5, 0.6) is 0 Å². The second-order valence-electron chi connectivity index (χ2n) is 6.25. The van der Waals surface area contributed by atoms with Crippen LogP contribution in [0.15, 0.2) is 47.2 Å². The van der Waals surface area contributed by atoms with Crippen LogP contribution in [0.25, 0.3) is 0 Å². The van der Waals surface area contributed by atoms with Crippen molar-refractivity contribution in [2.24, 2.45) is 0 Å². The zero-order valence-corrected chi connectivity index (χ0v) is 13.6. The topological polar surface area (TPSA) is 75.4 Å². The average molecular weight is 315 g/mol. The van der Waals surface area contributed by atoms with Crippen molar-refractivity contribution in [1.82, 2.24) is 10.1 Å². The summed E-state index contributed by atoms with van der Waals surface area (Å²) in [5.74, 6) is -0.0754. The van der Waals surface area contributed by atoms with Crippen molar-refractivity contribution < 1.29 is 14.1 Å². The Morgan fingerprint density at radius 2 is 1.87 bits per heavy atom. The van der Waals surface area contributed by atoms with Gasteiger partial charge in [0.15, 0.2) is 5.82 Å². The van der Waals surface area contributed by atoms with Gasteiger partial charge in [0.05, 0.1) is 6.42 Å². The second kappa shape index (κ2) is 7.09. The van der Waals surface area contributed by atoms with Gasteiger partial charge in [0.2, 0.25) is 11.8 Å². The van der Waals surface area contributed by atoms with E-state index in [-0.39, 0.29) is 24.8 Å². The van der Waals surface area contributed by atoms with E-state index >= 15 is 0 Å². The summed E-state index contributed by atoms with van der Waals surface area (Å²) in [5.41, 5.74) is 0.455. The first kappa shape index (κ1) is 16.7. The zero-order valence-electron chi connectivity index (χ0n) is 13.6. The lowest BCUT2D eigenvalue weighted by Crippen LogP contribution is -2.49. The predicted octanol–water partition coefficient (Wildman–Crippen LogP) is 2.48. The molecule has 2 aromatic rings. The molecule has 0 fully saturated rings. The number of benzene rings is 1. The maximum atomic E-state index is 12.6. The first-order valence-corrected chi connectivity index (χ1v) is 7.41. The highest BCUT2D eigenvalue weighted by Gasteiger charge is 2.28. The van der Waals surface area contributed by atoms with Crippen LogP contribution < -0.4 is 5.32 Å². The third-order valence-electron chi connectivity index (χ3n) is 3.32. The molecule has 0 aliphatic heterocycles. The van der Waals surface area contributed by atoms with Gasteiger partial charge in [0.1, 0.15) is 12.8 Å². The first-order valence-electron chi connectivity index (χ1n) is 7.41. The van der Waals surface area contributed by atoms with Gasteiger partial charge in [0.25, 0.3) is 0 Å². The highest BCUT2D eigenvalue weighted by molar-refractivity contribution is 5.94. The number of nitrogens with zero attached hydrogens (tertiary/aromatic N) is 2. The number of carbonyl (C=O) groups is 2. The Kier molecular flexibility index (Phi) is 5.16. The number of hydrogen-bond acceptors (Lipinski definition) is 4. The molecule has 1 aromatic heterocycles. The van der Waals surface area contributed by atoms with E-state index < -0.39 is 5.54 Å². The summed E-state index contributed by atoms with van der Waals surface area (Å²) in [6.45, 7) is 5.67. The van der Waals surface area contributed by atoms with Crippen LogP contribution in [0.2, 0.25) is 0 Å². The van der Waals surface area contributed by atoms with Crippen molar-refractivity contribution in [3.8, 4) is 0 Å². The van der Waals surface area contributed by atoms with Gasteiger partial charge in [-0.15, -0.1) is 0 Å². The predicted molar refractivity (Wildman–Crippen MR) is 86.7 cm³/mol. The monoisotopic (exact) mass is 315 g/mol. The van der Waals surface area contributed by atoms with Gasteiger partial charge in [0, 0.05) is 11.6 Å². The van der Waals surface area contributed by atoms with Crippen LogP contribution in [0.4, 0.5) is 5.82 Å². The van der Waals surface area contributed by atoms with Crippen LogP contribution >= 0.6 is 0 Å². The Morgan fingerprint density at radius 3 is 2.43 bits per heavy atom. The van der Waals surface area contributed by atoms with Crippen molar-refractivity contribution in [3.63, 3.8) is 0 Å². The second-order valence-corrected chi connectivity index (χ2v) is 6.25. The van der Waals surface area contributed by atoms with Crippen molar-refractivity contribution in [1.29, 1.82) is 0 Å². The number of aromatic nitrogens is 1. The maximum absolute atomic E-state index is 12.6. The van der Waals surface area contributed by atoms with Crippen molar-refractivity contribution in [2.45, 2.75) is 32.7 Å². The van der Waals surface area contributed by atoms with E-state index in [9.17, 15) is 9.59 Å². The molecule has 2 rings (SSSR count). The van der Waals surface area contributed by atoms with E-state index in [1.54, 1.807) is 11.0 Å². The van der Waals surface area contributed by atoms with Crippen LogP contribution in [0, 0.1) is 0 Å². The zero-order chi connectivity index (χ0) is 16.9. The largest absolute Gasteiger partial charge is 0.363 e. The number of carbonyl (C=O) groups excluding carboxylic acids is 2. The highest BCUT2D eigenvalue weighted by Crippen LogP contribution is 2.16. The minimum Gasteiger partial charge on any atom is -0.363 e. The SMILES string of the molecule is CC(C)(C)N(CC(=O)Nc1ccon1)C(=O)Cc1ccccc1. The molecule has 0 saturated carbocycles. The molecule has 0 bridgehead atoms. The summed E-state index contributed by atoms with van der Waals surface area (Å²) in [6, 6.07) is 11.0. The Hall–Kier alpha value is -2.63. The Bertz CT molecular complexity index is 645. The minimum atomic E-state index is -0.465. The molecule has 0 aliphatic carbocycles. The Balaban J connectivity index is 2.04. The molecule has 1 aromatic carbocycles. The number of rotatable bonds is 5. The average Bonchev–Trinajstić information content (AvgIpc) is 2.97. The summed E-state index contributed by atoms with van der Waals surface area (Å²) >= 11 is 0. The lowest BCUT2D eigenvalue weighted by molar-refractivity contribution is -0.138. The fraction of sp³-hybridized carbons (Fsp3) is 0.353. The van der Waals surface area contributed by atoms with E-state index in [1.807, 2.05) is 51.1 Å². The third kappa shape index (κ3) is 4.95. The lowest BCUT2D eigenvalue weighted by atomic mass is 10.0. The molecule has 0 aliphatic rings. The third-order valence-corrected chi connectivity index (χ3v) is 3.32. The van der Waals surface area contributed by atoms with Crippen molar-refractivity contribution in [3.05, 3.63) is 48.2 Å². The molecule has 23 heavy (non-hydrogen) atoms. The van der Waals surface area contributed by atoms with E-state index in [0.29, 0.717) is 5.82 Å². The summed E-state index contributed by atoms with van der Waals surface area (Å²) in [6.07, 6.45) is 1.63. The summed E-state index contributed by atoms with van der Waals surface area (Å²) in [5, 5.41) is 6.23. The molecule has 0 radical (unpaired) electrons. The molecular weight excluding hydrogens is 294 g/mol. The molecule has 2 amide bonds. The molecule has 0 saturated heterocycles. The molecule has 6 nitrogen and oxygen atoms in total. The molecule has 122 valence electrons.